The Labute approximate surface area is 105 Å². The lowest BCUT2D eigenvalue weighted by atomic mass is 10.1. The summed E-state index contributed by atoms with van der Waals surface area (Å²) >= 11 is 0. The Morgan fingerprint density at radius 1 is 1.28 bits per heavy atom. The first kappa shape index (κ1) is 11.0. The second-order valence-corrected chi connectivity index (χ2v) is 4.31. The van der Waals surface area contributed by atoms with Crippen molar-refractivity contribution in [2.45, 2.75) is 12.8 Å². The number of furan rings is 1. The quantitative estimate of drug-likeness (QED) is 0.738. The summed E-state index contributed by atoms with van der Waals surface area (Å²) in [4.78, 5) is 7.78. The number of aromatic nitrogens is 2. The predicted molar refractivity (Wildman–Crippen MR) is 71.2 cm³/mol. The first-order chi connectivity index (χ1) is 8.86. The minimum absolute atomic E-state index is 0.721. The van der Waals surface area contributed by atoms with Gasteiger partial charge in [0, 0.05) is 0 Å². The Morgan fingerprint density at radius 3 is 3.00 bits per heavy atom. The molecule has 0 unspecified atom stereocenters. The van der Waals surface area contributed by atoms with E-state index in [1.54, 1.807) is 6.26 Å². The number of fused-ring (bicyclic) bond motifs is 1. The molecule has 3 rings (SSSR count). The van der Waals surface area contributed by atoms with Gasteiger partial charge in [-0.1, -0.05) is 6.07 Å². The van der Waals surface area contributed by atoms with Gasteiger partial charge in [-0.15, -0.1) is 0 Å². The molecule has 3 N–H and O–H groups in total. The van der Waals surface area contributed by atoms with E-state index in [0.717, 1.165) is 42.0 Å². The lowest BCUT2D eigenvalue weighted by Crippen LogP contribution is -2.00. The number of nitrogens with one attached hydrogen (secondary N) is 1. The van der Waals surface area contributed by atoms with Gasteiger partial charge in [-0.25, -0.2) is 4.98 Å². The lowest BCUT2D eigenvalue weighted by Gasteiger charge is -1.98. The first-order valence-corrected chi connectivity index (χ1v) is 6.09. The fourth-order valence-corrected chi connectivity index (χ4v) is 2.05. The molecule has 3 aromatic rings. The standard InChI is InChI=1S/C14H15N3O/c15-7-1-3-10-5-6-11-12(9-10)17-14(16-11)13-4-2-8-18-13/h2,4-6,8-9H,1,3,7,15H2,(H,16,17). The summed E-state index contributed by atoms with van der Waals surface area (Å²) < 4.78 is 5.33. The van der Waals surface area contributed by atoms with Crippen molar-refractivity contribution in [3.05, 3.63) is 42.2 Å². The van der Waals surface area contributed by atoms with Crippen LogP contribution in [0.2, 0.25) is 0 Å². The Hall–Kier alpha value is -2.07. The molecule has 0 aliphatic carbocycles. The Balaban J connectivity index is 1.97. The minimum atomic E-state index is 0.721. The Morgan fingerprint density at radius 2 is 2.22 bits per heavy atom. The molecule has 92 valence electrons. The summed E-state index contributed by atoms with van der Waals surface area (Å²) in [5.41, 5.74) is 8.80. The fraction of sp³-hybridized carbons (Fsp3) is 0.214. The average Bonchev–Trinajstić information content (AvgIpc) is 3.03. The molecule has 4 heteroatoms. The van der Waals surface area contributed by atoms with Crippen LogP contribution in [0.25, 0.3) is 22.6 Å². The molecule has 0 saturated carbocycles. The largest absolute Gasteiger partial charge is 0.461 e. The zero-order valence-corrected chi connectivity index (χ0v) is 10.0. The van der Waals surface area contributed by atoms with Gasteiger partial charge >= 0.3 is 0 Å². The van der Waals surface area contributed by atoms with E-state index in [0.29, 0.717) is 0 Å². The highest BCUT2D eigenvalue weighted by atomic mass is 16.3. The molecule has 4 nitrogen and oxygen atoms in total. The molecular formula is C14H15N3O. The number of H-pyrrole nitrogens is 1. The lowest BCUT2D eigenvalue weighted by molar-refractivity contribution is 0.578. The number of benzene rings is 1. The Kier molecular flexibility index (Phi) is 2.86. The fourth-order valence-electron chi connectivity index (χ4n) is 2.05. The zero-order chi connectivity index (χ0) is 12.4. The number of aryl methyl sites for hydroxylation is 1. The van der Waals surface area contributed by atoms with Crippen LogP contribution in [0, 0.1) is 0 Å². The van der Waals surface area contributed by atoms with Crippen LogP contribution in [0.4, 0.5) is 0 Å². The van der Waals surface area contributed by atoms with E-state index >= 15 is 0 Å². The van der Waals surface area contributed by atoms with Crippen LogP contribution < -0.4 is 5.73 Å². The second-order valence-electron chi connectivity index (χ2n) is 4.31. The molecular weight excluding hydrogens is 226 g/mol. The number of nitrogens with two attached hydrogens (primary N) is 1. The summed E-state index contributed by atoms with van der Waals surface area (Å²) in [6, 6.07) is 10.0. The minimum Gasteiger partial charge on any atom is -0.461 e. The van der Waals surface area contributed by atoms with Crippen molar-refractivity contribution in [1.82, 2.24) is 9.97 Å². The van der Waals surface area contributed by atoms with Crippen molar-refractivity contribution in [3.63, 3.8) is 0 Å². The molecule has 0 spiro atoms. The third kappa shape index (κ3) is 2.02. The van der Waals surface area contributed by atoms with Crippen molar-refractivity contribution in [3.8, 4) is 11.6 Å². The van der Waals surface area contributed by atoms with Crippen LogP contribution in [0.15, 0.2) is 41.0 Å². The molecule has 0 atom stereocenters. The number of aromatic amines is 1. The molecule has 0 radical (unpaired) electrons. The van der Waals surface area contributed by atoms with E-state index in [1.807, 2.05) is 18.2 Å². The van der Waals surface area contributed by atoms with Gasteiger partial charge < -0.3 is 15.1 Å². The van der Waals surface area contributed by atoms with Crippen LogP contribution in [-0.4, -0.2) is 16.5 Å². The molecule has 2 heterocycles. The maximum atomic E-state index is 5.52. The van der Waals surface area contributed by atoms with Crippen molar-refractivity contribution >= 4 is 11.0 Å². The highest BCUT2D eigenvalue weighted by Gasteiger charge is 2.07. The van der Waals surface area contributed by atoms with Crippen LogP contribution in [0.3, 0.4) is 0 Å². The van der Waals surface area contributed by atoms with Gasteiger partial charge in [0.25, 0.3) is 0 Å². The van der Waals surface area contributed by atoms with Crippen LogP contribution in [0.1, 0.15) is 12.0 Å². The zero-order valence-electron chi connectivity index (χ0n) is 10.0. The van der Waals surface area contributed by atoms with Gasteiger partial charge in [-0.3, -0.25) is 0 Å². The Bertz CT molecular complexity index is 640. The van der Waals surface area contributed by atoms with Crippen molar-refractivity contribution < 1.29 is 4.42 Å². The van der Waals surface area contributed by atoms with Gasteiger partial charge in [0.15, 0.2) is 11.6 Å². The van der Waals surface area contributed by atoms with E-state index in [2.05, 4.69) is 22.1 Å². The van der Waals surface area contributed by atoms with Gasteiger partial charge in [0.05, 0.1) is 17.3 Å². The average molecular weight is 241 g/mol. The molecule has 0 aliphatic heterocycles. The smallest absolute Gasteiger partial charge is 0.174 e. The number of hydrogen-bond acceptors (Lipinski definition) is 3. The van der Waals surface area contributed by atoms with Crippen molar-refractivity contribution in [1.29, 1.82) is 0 Å². The van der Waals surface area contributed by atoms with Gasteiger partial charge in [0.2, 0.25) is 0 Å². The number of rotatable bonds is 4. The number of nitrogens with zero attached hydrogens (tertiary/aromatic N) is 1. The molecule has 1 aromatic carbocycles. The maximum absolute atomic E-state index is 5.52. The molecule has 0 bridgehead atoms. The normalized spacial score (nSPS) is 11.2. The van der Waals surface area contributed by atoms with E-state index in [1.165, 1.54) is 5.56 Å². The van der Waals surface area contributed by atoms with Gasteiger partial charge in [-0.2, -0.15) is 0 Å². The van der Waals surface area contributed by atoms with E-state index in [4.69, 9.17) is 10.2 Å². The topological polar surface area (TPSA) is 67.8 Å². The van der Waals surface area contributed by atoms with Gasteiger partial charge in [0.1, 0.15) is 0 Å². The number of imidazole rings is 1. The van der Waals surface area contributed by atoms with Crippen molar-refractivity contribution in [2.24, 2.45) is 5.73 Å². The summed E-state index contributed by atoms with van der Waals surface area (Å²) in [6.07, 6.45) is 3.65. The molecule has 0 amide bonds. The maximum Gasteiger partial charge on any atom is 0.174 e. The van der Waals surface area contributed by atoms with E-state index < -0.39 is 0 Å². The molecule has 0 fully saturated rings. The SMILES string of the molecule is NCCCc1ccc2nc(-c3ccco3)[nH]c2c1. The molecule has 18 heavy (non-hydrogen) atoms. The highest BCUT2D eigenvalue weighted by molar-refractivity contribution is 5.79. The van der Waals surface area contributed by atoms with E-state index in [9.17, 15) is 0 Å². The van der Waals surface area contributed by atoms with Crippen molar-refractivity contribution in [2.75, 3.05) is 6.54 Å². The third-order valence-corrected chi connectivity index (χ3v) is 2.97. The molecule has 0 saturated heterocycles. The summed E-state index contributed by atoms with van der Waals surface area (Å²) in [6.45, 7) is 0.721. The number of hydrogen-bond donors (Lipinski definition) is 2. The molecule has 0 aliphatic rings. The molecule has 2 aromatic heterocycles. The van der Waals surface area contributed by atoms with E-state index in [-0.39, 0.29) is 0 Å². The first-order valence-electron chi connectivity index (χ1n) is 6.09. The summed E-state index contributed by atoms with van der Waals surface area (Å²) in [5.74, 6) is 1.53. The van der Waals surface area contributed by atoms with Crippen LogP contribution >= 0.6 is 0 Å². The van der Waals surface area contributed by atoms with Gasteiger partial charge in [-0.05, 0) is 49.2 Å². The summed E-state index contributed by atoms with van der Waals surface area (Å²) in [7, 11) is 0. The second kappa shape index (κ2) is 4.66. The third-order valence-electron chi connectivity index (χ3n) is 2.97. The highest BCUT2D eigenvalue weighted by Crippen LogP contribution is 2.21. The van der Waals surface area contributed by atoms with Crippen LogP contribution in [-0.2, 0) is 6.42 Å². The predicted octanol–water partition coefficient (Wildman–Crippen LogP) is 2.71. The summed E-state index contributed by atoms with van der Waals surface area (Å²) in [5, 5.41) is 0. The van der Waals surface area contributed by atoms with Crippen LogP contribution in [0.5, 0.6) is 0 Å². The monoisotopic (exact) mass is 241 g/mol.